The number of benzene rings is 1. The van der Waals surface area contributed by atoms with Gasteiger partial charge in [0, 0.05) is 38.2 Å². The maximum Gasteiger partial charge on any atom is 0.222 e. The first-order chi connectivity index (χ1) is 10.5. The van der Waals surface area contributed by atoms with Crippen LogP contribution < -0.4 is 10.6 Å². The molecule has 1 saturated heterocycles. The third kappa shape index (κ3) is 3.82. The molecule has 0 unspecified atom stereocenters. The number of carbonyl (C=O) groups excluding carboxylic acids is 2. The van der Waals surface area contributed by atoms with Crippen molar-refractivity contribution in [2.24, 2.45) is 5.73 Å². The number of piperazine rings is 1. The maximum atomic E-state index is 14.1. The van der Waals surface area contributed by atoms with Crippen LogP contribution in [0.1, 0.15) is 30.1 Å². The van der Waals surface area contributed by atoms with Crippen LogP contribution in [0.15, 0.2) is 18.2 Å². The van der Waals surface area contributed by atoms with E-state index in [-0.39, 0.29) is 11.7 Å². The molecular weight excluding hydrogens is 285 g/mol. The lowest BCUT2D eigenvalue weighted by atomic mass is 10.1. The minimum atomic E-state index is -0.393. The zero-order chi connectivity index (χ0) is 16.1. The predicted octanol–water partition coefficient (Wildman–Crippen LogP) is 1.42. The standard InChI is InChI=1S/C16H22FN3O2/c1-12(21)13-4-5-15(14(17)11-13)19-7-9-20(10-8-19)16(22)3-2-6-18/h4-5,11H,2-3,6-10,18H2,1H3. The Morgan fingerprint density at radius 3 is 2.45 bits per heavy atom. The third-order valence-electron chi connectivity index (χ3n) is 3.92. The molecule has 0 spiro atoms. The number of carbonyl (C=O) groups is 2. The topological polar surface area (TPSA) is 66.6 Å². The van der Waals surface area contributed by atoms with Gasteiger partial charge in [-0.15, -0.1) is 0 Å². The average Bonchev–Trinajstić information content (AvgIpc) is 2.52. The van der Waals surface area contributed by atoms with Crippen LogP contribution in [0.5, 0.6) is 0 Å². The molecule has 6 heteroatoms. The van der Waals surface area contributed by atoms with Crippen molar-refractivity contribution in [3.05, 3.63) is 29.6 Å². The lowest BCUT2D eigenvalue weighted by Gasteiger charge is -2.36. The van der Waals surface area contributed by atoms with E-state index in [1.807, 2.05) is 4.90 Å². The number of hydrogen-bond acceptors (Lipinski definition) is 4. The molecule has 1 amide bonds. The summed E-state index contributed by atoms with van der Waals surface area (Å²) in [6.45, 7) is 4.27. The van der Waals surface area contributed by atoms with Gasteiger partial charge in [0.05, 0.1) is 5.69 Å². The first-order valence-corrected chi connectivity index (χ1v) is 7.56. The second-order valence-electron chi connectivity index (χ2n) is 5.48. The summed E-state index contributed by atoms with van der Waals surface area (Å²) in [7, 11) is 0. The monoisotopic (exact) mass is 307 g/mol. The summed E-state index contributed by atoms with van der Waals surface area (Å²) < 4.78 is 14.1. The number of ketones is 1. The van der Waals surface area contributed by atoms with Crippen molar-refractivity contribution in [3.63, 3.8) is 0 Å². The molecule has 1 aliphatic heterocycles. The number of rotatable bonds is 5. The summed E-state index contributed by atoms with van der Waals surface area (Å²) in [4.78, 5) is 26.9. The van der Waals surface area contributed by atoms with E-state index >= 15 is 0 Å². The number of nitrogens with two attached hydrogens (primary N) is 1. The number of anilines is 1. The highest BCUT2D eigenvalue weighted by atomic mass is 19.1. The molecule has 0 bridgehead atoms. The number of Topliss-reactive ketones (excluding diaryl/α,β-unsaturated/α-hetero) is 1. The molecule has 2 N–H and O–H groups in total. The van der Waals surface area contributed by atoms with Gasteiger partial charge in [-0.3, -0.25) is 9.59 Å². The third-order valence-corrected chi connectivity index (χ3v) is 3.92. The predicted molar refractivity (Wildman–Crippen MR) is 83.5 cm³/mol. The minimum absolute atomic E-state index is 0.109. The molecule has 1 aromatic rings. The Morgan fingerprint density at radius 1 is 1.23 bits per heavy atom. The van der Waals surface area contributed by atoms with E-state index in [4.69, 9.17) is 5.73 Å². The minimum Gasteiger partial charge on any atom is -0.366 e. The SMILES string of the molecule is CC(=O)c1ccc(N2CCN(C(=O)CCCN)CC2)c(F)c1. The molecule has 120 valence electrons. The molecule has 5 nitrogen and oxygen atoms in total. The first-order valence-electron chi connectivity index (χ1n) is 7.56. The molecule has 1 fully saturated rings. The second kappa shape index (κ2) is 7.35. The Labute approximate surface area is 129 Å². The molecule has 0 atom stereocenters. The molecule has 0 saturated carbocycles. The zero-order valence-electron chi connectivity index (χ0n) is 12.8. The fourth-order valence-electron chi connectivity index (χ4n) is 2.59. The maximum absolute atomic E-state index is 14.1. The number of halogens is 1. The molecule has 0 aromatic heterocycles. The molecule has 22 heavy (non-hydrogen) atoms. The summed E-state index contributed by atoms with van der Waals surface area (Å²) in [6, 6.07) is 4.55. The van der Waals surface area contributed by atoms with Crippen LogP contribution in [0.2, 0.25) is 0 Å². The Morgan fingerprint density at radius 2 is 1.91 bits per heavy atom. The highest BCUT2D eigenvalue weighted by molar-refractivity contribution is 5.94. The van der Waals surface area contributed by atoms with Crippen molar-refractivity contribution in [1.82, 2.24) is 4.90 Å². The second-order valence-corrected chi connectivity index (χ2v) is 5.48. The van der Waals surface area contributed by atoms with Crippen molar-refractivity contribution >= 4 is 17.4 Å². The Hall–Kier alpha value is -1.95. The van der Waals surface area contributed by atoms with Gasteiger partial charge in [0.25, 0.3) is 0 Å². The van der Waals surface area contributed by atoms with Crippen molar-refractivity contribution < 1.29 is 14.0 Å². The fraction of sp³-hybridized carbons (Fsp3) is 0.500. The molecule has 1 aromatic carbocycles. The van der Waals surface area contributed by atoms with Gasteiger partial charge < -0.3 is 15.5 Å². The van der Waals surface area contributed by atoms with E-state index in [1.54, 1.807) is 17.0 Å². The molecule has 1 heterocycles. The molecule has 0 aliphatic carbocycles. The smallest absolute Gasteiger partial charge is 0.222 e. The van der Waals surface area contributed by atoms with Crippen LogP contribution in [-0.2, 0) is 4.79 Å². The molecule has 1 aliphatic rings. The van der Waals surface area contributed by atoms with Gasteiger partial charge >= 0.3 is 0 Å². The van der Waals surface area contributed by atoms with E-state index in [0.717, 1.165) is 0 Å². The first kappa shape index (κ1) is 16.4. The van der Waals surface area contributed by atoms with Gasteiger partial charge in [0.1, 0.15) is 5.82 Å². The molecule has 0 radical (unpaired) electrons. The van der Waals surface area contributed by atoms with Crippen molar-refractivity contribution in [3.8, 4) is 0 Å². The Balaban J connectivity index is 1.97. The van der Waals surface area contributed by atoms with Gasteiger partial charge in [-0.2, -0.15) is 0 Å². The highest BCUT2D eigenvalue weighted by Gasteiger charge is 2.22. The summed E-state index contributed by atoms with van der Waals surface area (Å²) in [5, 5.41) is 0. The van der Waals surface area contributed by atoms with E-state index in [2.05, 4.69) is 0 Å². The van der Waals surface area contributed by atoms with Crippen LogP contribution in [-0.4, -0.2) is 49.3 Å². The van der Waals surface area contributed by atoms with E-state index in [1.165, 1.54) is 13.0 Å². The normalized spacial score (nSPS) is 15.0. The van der Waals surface area contributed by atoms with Gasteiger partial charge in [0.15, 0.2) is 5.78 Å². The van der Waals surface area contributed by atoms with Crippen molar-refractivity contribution in [1.29, 1.82) is 0 Å². The van der Waals surface area contributed by atoms with E-state index in [0.29, 0.717) is 56.8 Å². The van der Waals surface area contributed by atoms with Crippen molar-refractivity contribution in [2.45, 2.75) is 19.8 Å². The summed E-state index contributed by atoms with van der Waals surface area (Å²) in [6.07, 6.45) is 1.17. The number of nitrogens with zero attached hydrogens (tertiary/aromatic N) is 2. The molecular formula is C16H22FN3O2. The summed E-state index contributed by atoms with van der Waals surface area (Å²) in [5.74, 6) is -0.436. The highest BCUT2D eigenvalue weighted by Crippen LogP contribution is 2.22. The summed E-state index contributed by atoms with van der Waals surface area (Å²) >= 11 is 0. The van der Waals surface area contributed by atoms with Crippen LogP contribution in [0, 0.1) is 5.82 Å². The Bertz CT molecular complexity index is 554. The fourth-order valence-corrected chi connectivity index (χ4v) is 2.59. The number of amides is 1. The molecule has 2 rings (SSSR count). The van der Waals surface area contributed by atoms with Crippen molar-refractivity contribution in [2.75, 3.05) is 37.6 Å². The van der Waals surface area contributed by atoms with Crippen LogP contribution >= 0.6 is 0 Å². The average molecular weight is 307 g/mol. The van der Waals surface area contributed by atoms with Gasteiger partial charge in [-0.1, -0.05) is 0 Å². The number of hydrogen-bond donors (Lipinski definition) is 1. The van der Waals surface area contributed by atoms with Crippen LogP contribution in [0.4, 0.5) is 10.1 Å². The largest absolute Gasteiger partial charge is 0.366 e. The van der Waals surface area contributed by atoms with Crippen LogP contribution in [0.25, 0.3) is 0 Å². The zero-order valence-corrected chi connectivity index (χ0v) is 12.8. The lowest BCUT2D eigenvalue weighted by molar-refractivity contribution is -0.131. The van der Waals surface area contributed by atoms with E-state index in [9.17, 15) is 14.0 Å². The van der Waals surface area contributed by atoms with Gasteiger partial charge in [-0.05, 0) is 38.1 Å². The van der Waals surface area contributed by atoms with Gasteiger partial charge in [0.2, 0.25) is 5.91 Å². The lowest BCUT2D eigenvalue weighted by Crippen LogP contribution is -2.49. The Kier molecular flexibility index (Phi) is 5.49. The van der Waals surface area contributed by atoms with Gasteiger partial charge in [-0.25, -0.2) is 4.39 Å². The van der Waals surface area contributed by atoms with Crippen LogP contribution in [0.3, 0.4) is 0 Å². The van der Waals surface area contributed by atoms with E-state index < -0.39 is 5.82 Å². The summed E-state index contributed by atoms with van der Waals surface area (Å²) in [5.41, 5.74) is 6.27. The quantitative estimate of drug-likeness (QED) is 0.835.